The smallest absolute Gasteiger partial charge is 0.307 e. The van der Waals surface area contributed by atoms with E-state index in [4.69, 9.17) is 9.94 Å². The Hall–Kier alpha value is -1.88. The van der Waals surface area contributed by atoms with Crippen molar-refractivity contribution in [1.29, 1.82) is 0 Å². The highest BCUT2D eigenvalue weighted by molar-refractivity contribution is 5.83. The van der Waals surface area contributed by atoms with Crippen LogP contribution in [0.25, 0.3) is 0 Å². The van der Waals surface area contributed by atoms with Crippen LogP contribution < -0.4 is 5.48 Å². The Kier molecular flexibility index (Phi) is 5.32. The van der Waals surface area contributed by atoms with Crippen LogP contribution in [0.2, 0.25) is 0 Å². The van der Waals surface area contributed by atoms with Gasteiger partial charge in [0.05, 0.1) is 18.4 Å². The molecule has 0 aliphatic rings. The molecule has 0 saturated heterocycles. The van der Waals surface area contributed by atoms with Crippen LogP contribution in [-0.4, -0.2) is 17.0 Å². The van der Waals surface area contributed by atoms with Gasteiger partial charge in [-0.15, -0.1) is 0 Å². The summed E-state index contributed by atoms with van der Waals surface area (Å²) in [4.78, 5) is 27.3. The number of hydrogen-bond acceptors (Lipinski definition) is 3. The molecule has 5 heteroatoms. The van der Waals surface area contributed by atoms with E-state index in [2.05, 4.69) is 5.48 Å². The molecule has 0 aliphatic carbocycles. The molecule has 0 spiro atoms. The van der Waals surface area contributed by atoms with Crippen LogP contribution in [0, 0.1) is 11.8 Å². The zero-order valence-electron chi connectivity index (χ0n) is 10.4. The van der Waals surface area contributed by atoms with E-state index in [1.54, 1.807) is 6.92 Å². The van der Waals surface area contributed by atoms with Crippen LogP contribution in [0.4, 0.5) is 0 Å². The first kappa shape index (κ1) is 14.2. The monoisotopic (exact) mass is 251 g/mol. The summed E-state index contributed by atoms with van der Waals surface area (Å²) >= 11 is 0. The zero-order valence-corrected chi connectivity index (χ0v) is 10.4. The Balaban J connectivity index is 2.35. The Morgan fingerprint density at radius 3 is 2.39 bits per heavy atom. The molecule has 1 aromatic carbocycles. The maximum Gasteiger partial charge on any atom is 0.307 e. The molecule has 0 radical (unpaired) electrons. The third-order valence-corrected chi connectivity index (χ3v) is 2.81. The lowest BCUT2D eigenvalue weighted by molar-refractivity contribution is -0.150. The number of carbonyl (C=O) groups excluding carboxylic acids is 1. The average molecular weight is 251 g/mol. The van der Waals surface area contributed by atoms with Crippen molar-refractivity contribution in [3.63, 3.8) is 0 Å². The van der Waals surface area contributed by atoms with Gasteiger partial charge in [0, 0.05) is 0 Å². The molecule has 2 atom stereocenters. The van der Waals surface area contributed by atoms with Crippen LogP contribution in [0.5, 0.6) is 0 Å². The zero-order chi connectivity index (χ0) is 13.5. The molecule has 0 aromatic heterocycles. The van der Waals surface area contributed by atoms with Gasteiger partial charge in [0.2, 0.25) is 5.91 Å². The van der Waals surface area contributed by atoms with E-state index in [0.29, 0.717) is 0 Å². The van der Waals surface area contributed by atoms with Crippen LogP contribution in [0.15, 0.2) is 30.3 Å². The molecule has 0 aliphatic heterocycles. The first-order valence-corrected chi connectivity index (χ1v) is 5.70. The lowest BCUT2D eigenvalue weighted by atomic mass is 9.96. The molecule has 0 fully saturated rings. The van der Waals surface area contributed by atoms with E-state index >= 15 is 0 Å². The SMILES string of the molecule is CC(C(=O)O)C(C)C(=O)NOCc1ccccc1. The van der Waals surface area contributed by atoms with Crippen LogP contribution in [0.3, 0.4) is 0 Å². The van der Waals surface area contributed by atoms with Gasteiger partial charge in [-0.05, 0) is 5.56 Å². The number of carboxylic acids is 1. The van der Waals surface area contributed by atoms with E-state index in [9.17, 15) is 9.59 Å². The van der Waals surface area contributed by atoms with Crippen LogP contribution in [0.1, 0.15) is 19.4 Å². The van der Waals surface area contributed by atoms with E-state index in [0.717, 1.165) is 5.56 Å². The number of nitrogens with one attached hydrogen (secondary N) is 1. The predicted molar refractivity (Wildman–Crippen MR) is 65.3 cm³/mol. The summed E-state index contributed by atoms with van der Waals surface area (Å²) in [6.07, 6.45) is 0. The minimum absolute atomic E-state index is 0.251. The maximum absolute atomic E-state index is 11.6. The fourth-order valence-corrected chi connectivity index (χ4v) is 1.30. The minimum atomic E-state index is -0.999. The van der Waals surface area contributed by atoms with Crippen LogP contribution >= 0.6 is 0 Å². The van der Waals surface area contributed by atoms with Gasteiger partial charge in [0.25, 0.3) is 0 Å². The average Bonchev–Trinajstić information content (AvgIpc) is 2.38. The number of aliphatic carboxylic acids is 1. The normalized spacial score (nSPS) is 13.7. The highest BCUT2D eigenvalue weighted by Gasteiger charge is 2.25. The Labute approximate surface area is 106 Å². The third kappa shape index (κ3) is 4.18. The second-order valence-corrected chi connectivity index (χ2v) is 4.16. The summed E-state index contributed by atoms with van der Waals surface area (Å²) in [5, 5.41) is 8.78. The number of hydroxylamine groups is 1. The summed E-state index contributed by atoms with van der Waals surface area (Å²) < 4.78 is 0. The van der Waals surface area contributed by atoms with Crippen molar-refractivity contribution < 1.29 is 19.5 Å². The van der Waals surface area contributed by atoms with Crippen molar-refractivity contribution in [1.82, 2.24) is 5.48 Å². The summed E-state index contributed by atoms with van der Waals surface area (Å²) in [6.45, 7) is 3.30. The van der Waals surface area contributed by atoms with Crippen LogP contribution in [-0.2, 0) is 21.0 Å². The number of benzene rings is 1. The second-order valence-electron chi connectivity index (χ2n) is 4.16. The van der Waals surface area contributed by atoms with Crippen molar-refractivity contribution in [2.75, 3.05) is 0 Å². The number of hydrogen-bond donors (Lipinski definition) is 2. The van der Waals surface area contributed by atoms with Gasteiger partial charge in [-0.25, -0.2) is 5.48 Å². The highest BCUT2D eigenvalue weighted by atomic mass is 16.6. The lowest BCUT2D eigenvalue weighted by Gasteiger charge is -2.15. The lowest BCUT2D eigenvalue weighted by Crippen LogP contribution is -2.35. The molecule has 0 heterocycles. The second kappa shape index (κ2) is 6.76. The van der Waals surface area contributed by atoms with E-state index in [-0.39, 0.29) is 6.61 Å². The molecule has 2 unspecified atom stereocenters. The molecule has 1 aromatic rings. The molecular formula is C13H17NO4. The van der Waals surface area contributed by atoms with Gasteiger partial charge >= 0.3 is 5.97 Å². The summed E-state index contributed by atoms with van der Waals surface area (Å²) in [6, 6.07) is 9.37. The topological polar surface area (TPSA) is 75.6 Å². The minimum Gasteiger partial charge on any atom is -0.481 e. The number of carboxylic acid groups (broad SMARTS) is 1. The fraction of sp³-hybridized carbons (Fsp3) is 0.385. The molecular weight excluding hydrogens is 234 g/mol. The van der Waals surface area contributed by atoms with Gasteiger partial charge in [0.1, 0.15) is 0 Å². The first-order valence-electron chi connectivity index (χ1n) is 5.70. The summed E-state index contributed by atoms with van der Waals surface area (Å²) in [5.41, 5.74) is 3.19. The Bertz CT molecular complexity index is 405. The molecule has 1 amide bonds. The van der Waals surface area contributed by atoms with Gasteiger partial charge in [-0.1, -0.05) is 44.2 Å². The molecule has 98 valence electrons. The highest BCUT2D eigenvalue weighted by Crippen LogP contribution is 2.11. The van der Waals surface area contributed by atoms with Gasteiger partial charge < -0.3 is 5.11 Å². The van der Waals surface area contributed by atoms with Crippen molar-refractivity contribution in [2.45, 2.75) is 20.5 Å². The number of rotatable bonds is 6. The number of amides is 1. The van der Waals surface area contributed by atoms with Crippen molar-refractivity contribution in [2.24, 2.45) is 11.8 Å². The van der Waals surface area contributed by atoms with E-state index < -0.39 is 23.7 Å². The molecule has 0 bridgehead atoms. The Morgan fingerprint density at radius 2 is 1.83 bits per heavy atom. The molecule has 1 rings (SSSR count). The molecule has 5 nitrogen and oxygen atoms in total. The van der Waals surface area contributed by atoms with E-state index in [1.165, 1.54) is 6.92 Å². The molecule has 0 saturated carbocycles. The summed E-state index contributed by atoms with van der Waals surface area (Å²) in [5.74, 6) is -2.81. The van der Waals surface area contributed by atoms with Gasteiger partial charge in [-0.2, -0.15) is 0 Å². The standard InChI is InChI=1S/C13H17NO4/c1-9(10(2)13(16)17)12(15)14-18-8-11-6-4-3-5-7-11/h3-7,9-10H,8H2,1-2H3,(H,14,15)(H,16,17). The number of carbonyl (C=O) groups is 2. The largest absolute Gasteiger partial charge is 0.481 e. The quantitative estimate of drug-likeness (QED) is 0.753. The van der Waals surface area contributed by atoms with Gasteiger partial charge in [-0.3, -0.25) is 14.4 Å². The van der Waals surface area contributed by atoms with Crippen molar-refractivity contribution in [3.05, 3.63) is 35.9 Å². The fourth-order valence-electron chi connectivity index (χ4n) is 1.30. The van der Waals surface area contributed by atoms with E-state index in [1.807, 2.05) is 30.3 Å². The van der Waals surface area contributed by atoms with Gasteiger partial charge in [0.15, 0.2) is 0 Å². The molecule has 18 heavy (non-hydrogen) atoms. The first-order chi connectivity index (χ1) is 8.52. The molecule has 2 N–H and O–H groups in total. The summed E-state index contributed by atoms with van der Waals surface area (Å²) in [7, 11) is 0. The van der Waals surface area contributed by atoms with Crippen molar-refractivity contribution >= 4 is 11.9 Å². The predicted octanol–water partition coefficient (Wildman–Crippen LogP) is 1.59. The van der Waals surface area contributed by atoms with Crippen molar-refractivity contribution in [3.8, 4) is 0 Å². The Morgan fingerprint density at radius 1 is 1.22 bits per heavy atom. The third-order valence-electron chi connectivity index (χ3n) is 2.81. The maximum atomic E-state index is 11.6.